The molecule has 0 aromatic heterocycles. The number of ether oxygens (including phenoxy) is 1. The summed E-state index contributed by atoms with van der Waals surface area (Å²) in [6.45, 7) is 3.40. The van der Waals surface area contributed by atoms with Crippen LogP contribution in [-0.4, -0.2) is 32.2 Å². The van der Waals surface area contributed by atoms with E-state index >= 15 is 0 Å². The van der Waals surface area contributed by atoms with Gasteiger partial charge in [0.05, 0.1) is 18.9 Å². The molecule has 1 aromatic rings. The Kier molecular flexibility index (Phi) is 3.33. The molecule has 118 valence electrons. The number of amides is 1. The third-order valence-electron chi connectivity index (χ3n) is 5.23. The first kappa shape index (κ1) is 14.0. The van der Waals surface area contributed by atoms with Gasteiger partial charge in [-0.05, 0) is 37.8 Å². The van der Waals surface area contributed by atoms with Crippen molar-refractivity contribution in [1.82, 2.24) is 0 Å². The lowest BCUT2D eigenvalue weighted by molar-refractivity contribution is -0.181. The summed E-state index contributed by atoms with van der Waals surface area (Å²) in [4.78, 5) is 14.6. The minimum atomic E-state index is -0.348. The van der Waals surface area contributed by atoms with Crippen molar-refractivity contribution >= 4 is 17.3 Å². The smallest absolute Gasteiger partial charge is 0.227 e. The van der Waals surface area contributed by atoms with Gasteiger partial charge < -0.3 is 15.0 Å². The molecule has 1 spiro atoms. The standard InChI is InChI=1S/C17H21FN2O2/c18-13-4-3-5-14(20-6-1-2-7-20)15(13)19-16(21)12-8-17(9-12)10-22-11-17/h3-5,12H,1-2,6-11H2,(H,19,21). The molecule has 1 aromatic carbocycles. The molecule has 1 saturated carbocycles. The molecule has 2 heterocycles. The summed E-state index contributed by atoms with van der Waals surface area (Å²) < 4.78 is 19.5. The van der Waals surface area contributed by atoms with E-state index in [-0.39, 0.29) is 23.1 Å². The molecule has 1 aliphatic carbocycles. The predicted octanol–water partition coefficient (Wildman–Crippen LogP) is 2.79. The van der Waals surface area contributed by atoms with Crippen molar-refractivity contribution in [2.75, 3.05) is 36.5 Å². The minimum absolute atomic E-state index is 0.00469. The number of nitrogens with one attached hydrogen (secondary N) is 1. The second-order valence-electron chi connectivity index (χ2n) is 6.92. The van der Waals surface area contributed by atoms with Crippen molar-refractivity contribution in [1.29, 1.82) is 0 Å². The molecule has 3 fully saturated rings. The molecule has 22 heavy (non-hydrogen) atoms. The van der Waals surface area contributed by atoms with Crippen molar-refractivity contribution in [2.24, 2.45) is 11.3 Å². The molecule has 2 saturated heterocycles. The van der Waals surface area contributed by atoms with Gasteiger partial charge in [-0.1, -0.05) is 6.07 Å². The van der Waals surface area contributed by atoms with E-state index in [1.807, 2.05) is 6.07 Å². The Bertz CT molecular complexity index is 586. The zero-order chi connectivity index (χ0) is 15.2. The van der Waals surface area contributed by atoms with E-state index in [1.165, 1.54) is 6.07 Å². The van der Waals surface area contributed by atoms with E-state index in [2.05, 4.69) is 10.2 Å². The Balaban J connectivity index is 1.48. The Morgan fingerprint density at radius 2 is 2.00 bits per heavy atom. The van der Waals surface area contributed by atoms with Crippen LogP contribution in [0.3, 0.4) is 0 Å². The summed E-state index contributed by atoms with van der Waals surface area (Å²) in [6.07, 6.45) is 3.97. The van der Waals surface area contributed by atoms with Gasteiger partial charge in [0.1, 0.15) is 11.5 Å². The van der Waals surface area contributed by atoms with Crippen LogP contribution in [0.5, 0.6) is 0 Å². The lowest BCUT2D eigenvalue weighted by Crippen LogP contribution is -2.54. The lowest BCUT2D eigenvalue weighted by atomic mass is 9.60. The van der Waals surface area contributed by atoms with Crippen LogP contribution in [0.25, 0.3) is 0 Å². The Morgan fingerprint density at radius 3 is 2.64 bits per heavy atom. The second kappa shape index (κ2) is 5.23. The molecule has 1 N–H and O–H groups in total. The molecule has 4 nitrogen and oxygen atoms in total. The summed E-state index contributed by atoms with van der Waals surface area (Å²) in [6, 6.07) is 5.02. The highest BCUT2D eigenvalue weighted by Gasteiger charge is 2.52. The average molecular weight is 304 g/mol. The van der Waals surface area contributed by atoms with Gasteiger partial charge in [-0.15, -0.1) is 0 Å². The Morgan fingerprint density at radius 1 is 1.27 bits per heavy atom. The van der Waals surface area contributed by atoms with Crippen LogP contribution in [0.1, 0.15) is 25.7 Å². The lowest BCUT2D eigenvalue weighted by Gasteiger charge is -2.52. The maximum Gasteiger partial charge on any atom is 0.227 e. The van der Waals surface area contributed by atoms with Crippen molar-refractivity contribution in [2.45, 2.75) is 25.7 Å². The highest BCUT2D eigenvalue weighted by Crippen LogP contribution is 2.51. The molecule has 5 heteroatoms. The van der Waals surface area contributed by atoms with Crippen LogP contribution in [0.4, 0.5) is 15.8 Å². The number of rotatable bonds is 3. The summed E-state index contributed by atoms with van der Waals surface area (Å²) in [5.74, 6) is -0.406. The van der Waals surface area contributed by atoms with E-state index in [4.69, 9.17) is 4.74 Å². The maximum atomic E-state index is 14.2. The normalized spacial score (nSPS) is 23.2. The first-order valence-electron chi connectivity index (χ1n) is 8.09. The zero-order valence-electron chi connectivity index (χ0n) is 12.6. The maximum absolute atomic E-state index is 14.2. The molecule has 1 amide bonds. The fourth-order valence-corrected chi connectivity index (χ4v) is 3.88. The molecule has 0 atom stereocenters. The molecule has 4 rings (SSSR count). The molecule has 0 radical (unpaired) electrons. The number of anilines is 2. The van der Waals surface area contributed by atoms with Gasteiger partial charge in [-0.25, -0.2) is 4.39 Å². The number of hydrogen-bond acceptors (Lipinski definition) is 3. The Labute approximate surface area is 129 Å². The summed E-state index contributed by atoms with van der Waals surface area (Å²) in [5, 5.41) is 2.85. The fourth-order valence-electron chi connectivity index (χ4n) is 3.88. The monoisotopic (exact) mass is 304 g/mol. The topological polar surface area (TPSA) is 41.6 Å². The number of halogens is 1. The highest BCUT2D eigenvalue weighted by atomic mass is 19.1. The number of hydrogen-bond donors (Lipinski definition) is 1. The van der Waals surface area contributed by atoms with E-state index in [0.29, 0.717) is 5.69 Å². The van der Waals surface area contributed by atoms with Crippen LogP contribution in [0.2, 0.25) is 0 Å². The second-order valence-corrected chi connectivity index (χ2v) is 6.92. The minimum Gasteiger partial charge on any atom is -0.380 e. The number of para-hydroxylation sites is 1. The highest BCUT2D eigenvalue weighted by molar-refractivity contribution is 5.96. The van der Waals surface area contributed by atoms with Crippen molar-refractivity contribution in [3.63, 3.8) is 0 Å². The van der Waals surface area contributed by atoms with Gasteiger partial charge in [0.2, 0.25) is 5.91 Å². The summed E-state index contributed by atoms with van der Waals surface area (Å²) >= 11 is 0. The van der Waals surface area contributed by atoms with Gasteiger partial charge in [0, 0.05) is 24.4 Å². The largest absolute Gasteiger partial charge is 0.380 e. The molecule has 2 aliphatic heterocycles. The molecular weight excluding hydrogens is 283 g/mol. The third kappa shape index (κ3) is 2.28. The number of carbonyl (C=O) groups is 1. The fraction of sp³-hybridized carbons (Fsp3) is 0.588. The quantitative estimate of drug-likeness (QED) is 0.933. The van der Waals surface area contributed by atoms with E-state index in [9.17, 15) is 9.18 Å². The average Bonchev–Trinajstić information content (AvgIpc) is 2.91. The first-order valence-corrected chi connectivity index (χ1v) is 8.09. The van der Waals surface area contributed by atoms with Crippen LogP contribution in [-0.2, 0) is 9.53 Å². The Hall–Kier alpha value is -1.62. The van der Waals surface area contributed by atoms with Crippen molar-refractivity contribution in [3.05, 3.63) is 24.0 Å². The van der Waals surface area contributed by atoms with Gasteiger partial charge in [-0.2, -0.15) is 0 Å². The van der Waals surface area contributed by atoms with Crippen molar-refractivity contribution < 1.29 is 13.9 Å². The number of benzene rings is 1. The van der Waals surface area contributed by atoms with Gasteiger partial charge in [0.15, 0.2) is 0 Å². The SMILES string of the molecule is O=C(Nc1c(F)cccc1N1CCCC1)C1CC2(COC2)C1. The molecule has 3 aliphatic rings. The van der Waals surface area contributed by atoms with E-state index in [0.717, 1.165) is 57.7 Å². The molecular formula is C17H21FN2O2. The van der Waals surface area contributed by atoms with Crippen molar-refractivity contribution in [3.8, 4) is 0 Å². The number of carbonyl (C=O) groups excluding carboxylic acids is 1. The van der Waals surface area contributed by atoms with Crippen LogP contribution in [0.15, 0.2) is 18.2 Å². The van der Waals surface area contributed by atoms with E-state index < -0.39 is 0 Å². The van der Waals surface area contributed by atoms with E-state index in [1.54, 1.807) is 6.07 Å². The van der Waals surface area contributed by atoms with Gasteiger partial charge in [0.25, 0.3) is 0 Å². The summed E-state index contributed by atoms with van der Waals surface area (Å²) in [7, 11) is 0. The molecule has 0 bridgehead atoms. The van der Waals surface area contributed by atoms with Gasteiger partial charge >= 0.3 is 0 Å². The van der Waals surface area contributed by atoms with Gasteiger partial charge in [-0.3, -0.25) is 4.79 Å². The molecule has 0 unspecified atom stereocenters. The first-order chi connectivity index (χ1) is 10.7. The van der Waals surface area contributed by atoms with Crippen LogP contribution < -0.4 is 10.2 Å². The third-order valence-corrected chi connectivity index (χ3v) is 5.23. The number of nitrogens with zero attached hydrogens (tertiary/aromatic N) is 1. The van der Waals surface area contributed by atoms with Crippen LogP contribution in [0, 0.1) is 17.2 Å². The predicted molar refractivity (Wildman–Crippen MR) is 82.5 cm³/mol. The summed E-state index contributed by atoms with van der Waals surface area (Å²) in [5.41, 5.74) is 1.40. The zero-order valence-corrected chi connectivity index (χ0v) is 12.6. The van der Waals surface area contributed by atoms with Crippen LogP contribution >= 0.6 is 0 Å².